The van der Waals surface area contributed by atoms with Gasteiger partial charge in [-0.15, -0.1) is 0 Å². The van der Waals surface area contributed by atoms with E-state index in [1.165, 1.54) is 26.4 Å². The number of benzene rings is 2. The predicted molar refractivity (Wildman–Crippen MR) is 104 cm³/mol. The largest absolute Gasteiger partial charge is 0.504 e. The lowest BCUT2D eigenvalue weighted by Gasteiger charge is -2.24. The monoisotopic (exact) mass is 349 g/mol. The van der Waals surface area contributed by atoms with Crippen LogP contribution < -0.4 is 10.1 Å². The van der Waals surface area contributed by atoms with E-state index in [0.717, 1.165) is 29.6 Å². The molecule has 3 aromatic rings. The van der Waals surface area contributed by atoms with Crippen molar-refractivity contribution in [2.24, 2.45) is 0 Å². The predicted octanol–water partition coefficient (Wildman–Crippen LogP) is 4.76. The number of hydrogen-bond donors (Lipinski definition) is 2. The van der Waals surface area contributed by atoms with Gasteiger partial charge in [0.05, 0.1) is 18.2 Å². The molecule has 26 heavy (non-hydrogen) atoms. The van der Waals surface area contributed by atoms with Crippen LogP contribution in [0.25, 0.3) is 22.3 Å². The van der Waals surface area contributed by atoms with Crippen LogP contribution in [0.4, 0.5) is 5.82 Å². The van der Waals surface area contributed by atoms with Crippen LogP contribution in [0, 0.1) is 0 Å². The van der Waals surface area contributed by atoms with Crippen molar-refractivity contribution in [3.63, 3.8) is 0 Å². The summed E-state index contributed by atoms with van der Waals surface area (Å²) < 4.78 is 5.23. The summed E-state index contributed by atoms with van der Waals surface area (Å²) in [7, 11) is 1.54. The zero-order chi connectivity index (χ0) is 17.9. The number of phenols is 1. The first kappa shape index (κ1) is 16.6. The summed E-state index contributed by atoms with van der Waals surface area (Å²) in [5.74, 6) is 1.81. The van der Waals surface area contributed by atoms with Crippen molar-refractivity contribution in [1.29, 1.82) is 0 Å². The van der Waals surface area contributed by atoms with Crippen LogP contribution >= 0.6 is 0 Å². The number of para-hydroxylation sites is 2. The van der Waals surface area contributed by atoms with Gasteiger partial charge in [0.25, 0.3) is 0 Å². The lowest BCUT2D eigenvalue weighted by atomic mass is 9.95. The molecular formula is C21H23N3O2. The third kappa shape index (κ3) is 3.17. The van der Waals surface area contributed by atoms with Gasteiger partial charge in [0.15, 0.2) is 17.3 Å². The number of fused-ring (bicyclic) bond motifs is 1. The molecule has 1 aliphatic rings. The van der Waals surface area contributed by atoms with Crippen LogP contribution in [0.3, 0.4) is 0 Å². The summed E-state index contributed by atoms with van der Waals surface area (Å²) in [6.45, 7) is 0. The van der Waals surface area contributed by atoms with E-state index in [4.69, 9.17) is 9.72 Å². The van der Waals surface area contributed by atoms with Gasteiger partial charge in [-0.1, -0.05) is 37.5 Å². The summed E-state index contributed by atoms with van der Waals surface area (Å²) in [5, 5.41) is 15.1. The highest BCUT2D eigenvalue weighted by molar-refractivity contribution is 5.91. The molecule has 4 rings (SSSR count). The van der Waals surface area contributed by atoms with E-state index in [-0.39, 0.29) is 5.75 Å². The lowest BCUT2D eigenvalue weighted by molar-refractivity contribution is 0.374. The van der Waals surface area contributed by atoms with Crippen LogP contribution in [-0.4, -0.2) is 28.2 Å². The second kappa shape index (κ2) is 7.20. The molecule has 0 atom stereocenters. The topological polar surface area (TPSA) is 67.3 Å². The first-order valence-electron chi connectivity index (χ1n) is 9.16. The second-order valence-electron chi connectivity index (χ2n) is 6.75. The highest BCUT2D eigenvalue weighted by Gasteiger charge is 2.18. The zero-order valence-corrected chi connectivity index (χ0v) is 14.9. The van der Waals surface area contributed by atoms with Gasteiger partial charge >= 0.3 is 0 Å². The molecule has 1 saturated carbocycles. The molecule has 0 bridgehead atoms. The zero-order valence-electron chi connectivity index (χ0n) is 14.9. The van der Waals surface area contributed by atoms with E-state index < -0.39 is 0 Å². The highest BCUT2D eigenvalue weighted by atomic mass is 16.5. The number of nitrogens with one attached hydrogen (secondary N) is 1. The van der Waals surface area contributed by atoms with E-state index in [9.17, 15) is 5.11 Å². The number of rotatable bonds is 4. The van der Waals surface area contributed by atoms with Crippen LogP contribution in [-0.2, 0) is 0 Å². The second-order valence-corrected chi connectivity index (χ2v) is 6.75. The smallest absolute Gasteiger partial charge is 0.168 e. The number of aromatic hydroxyl groups is 1. The Kier molecular flexibility index (Phi) is 4.61. The summed E-state index contributed by atoms with van der Waals surface area (Å²) in [5.41, 5.74) is 1.43. The maximum absolute atomic E-state index is 10.5. The van der Waals surface area contributed by atoms with Crippen molar-refractivity contribution in [2.45, 2.75) is 38.1 Å². The first-order valence-corrected chi connectivity index (χ1v) is 9.16. The van der Waals surface area contributed by atoms with E-state index in [1.807, 2.05) is 36.4 Å². The minimum atomic E-state index is 0.0638. The van der Waals surface area contributed by atoms with Gasteiger partial charge in [0.2, 0.25) is 0 Å². The molecular weight excluding hydrogens is 326 g/mol. The molecule has 0 amide bonds. The summed E-state index contributed by atoms with van der Waals surface area (Å²) in [6.07, 6.45) is 6.15. The fourth-order valence-corrected chi connectivity index (χ4v) is 3.61. The molecule has 1 heterocycles. The molecule has 1 aromatic heterocycles. The summed E-state index contributed by atoms with van der Waals surface area (Å²) in [4.78, 5) is 9.43. The van der Waals surface area contributed by atoms with Gasteiger partial charge in [-0.2, -0.15) is 0 Å². The molecule has 1 fully saturated rings. The number of hydrogen-bond acceptors (Lipinski definition) is 5. The molecule has 2 aromatic carbocycles. The van der Waals surface area contributed by atoms with Gasteiger partial charge in [-0.05, 0) is 37.1 Å². The minimum absolute atomic E-state index is 0.0638. The van der Waals surface area contributed by atoms with Crippen LogP contribution in [0.1, 0.15) is 32.1 Å². The quantitative estimate of drug-likeness (QED) is 0.711. The van der Waals surface area contributed by atoms with Crippen molar-refractivity contribution >= 4 is 16.7 Å². The Balaban J connectivity index is 1.81. The average Bonchev–Trinajstić information content (AvgIpc) is 2.69. The minimum Gasteiger partial charge on any atom is -0.504 e. The molecule has 0 aliphatic heterocycles. The van der Waals surface area contributed by atoms with Crippen molar-refractivity contribution < 1.29 is 9.84 Å². The van der Waals surface area contributed by atoms with Gasteiger partial charge < -0.3 is 15.2 Å². The van der Waals surface area contributed by atoms with E-state index in [2.05, 4.69) is 10.3 Å². The normalized spacial score (nSPS) is 15.1. The Bertz CT molecular complexity index is 920. The Labute approximate surface area is 153 Å². The number of anilines is 1. The van der Waals surface area contributed by atoms with Gasteiger partial charge in [-0.3, -0.25) is 0 Å². The van der Waals surface area contributed by atoms with Crippen molar-refractivity contribution in [1.82, 2.24) is 9.97 Å². The summed E-state index contributed by atoms with van der Waals surface area (Å²) >= 11 is 0. The SMILES string of the molecule is COc1cccc(-c2nc(NC3CCCCC3)c3ccccc3n2)c1O. The number of aromatic nitrogens is 2. The van der Waals surface area contributed by atoms with E-state index >= 15 is 0 Å². The Morgan fingerprint density at radius 1 is 1.00 bits per heavy atom. The maximum atomic E-state index is 10.5. The van der Waals surface area contributed by atoms with E-state index in [1.54, 1.807) is 6.07 Å². The number of nitrogens with zero attached hydrogens (tertiary/aromatic N) is 2. The molecule has 1 aliphatic carbocycles. The Morgan fingerprint density at radius 3 is 2.62 bits per heavy atom. The highest BCUT2D eigenvalue weighted by Crippen LogP contribution is 2.37. The summed E-state index contributed by atoms with van der Waals surface area (Å²) in [6, 6.07) is 13.8. The molecule has 0 saturated heterocycles. The van der Waals surface area contributed by atoms with Gasteiger partial charge in [-0.25, -0.2) is 9.97 Å². The molecule has 0 radical (unpaired) electrons. The van der Waals surface area contributed by atoms with Crippen LogP contribution in [0.2, 0.25) is 0 Å². The number of methoxy groups -OCH3 is 1. The number of phenolic OH excluding ortho intramolecular Hbond substituents is 1. The van der Waals surface area contributed by atoms with Crippen molar-refractivity contribution in [3.8, 4) is 22.9 Å². The van der Waals surface area contributed by atoms with E-state index in [0.29, 0.717) is 23.2 Å². The maximum Gasteiger partial charge on any atom is 0.168 e. The fourth-order valence-electron chi connectivity index (χ4n) is 3.61. The molecule has 5 nitrogen and oxygen atoms in total. The standard InChI is InChI=1S/C21H23N3O2/c1-26-18-13-7-11-16(19(18)25)21-23-17-12-6-5-10-15(17)20(24-21)22-14-8-3-2-4-9-14/h5-7,10-14,25H,2-4,8-9H2,1H3,(H,22,23,24). The molecule has 0 spiro atoms. The molecule has 0 unspecified atom stereocenters. The van der Waals surface area contributed by atoms with Crippen LogP contribution in [0.5, 0.6) is 11.5 Å². The Hall–Kier alpha value is -2.82. The van der Waals surface area contributed by atoms with Crippen LogP contribution in [0.15, 0.2) is 42.5 Å². The van der Waals surface area contributed by atoms with Crippen molar-refractivity contribution in [3.05, 3.63) is 42.5 Å². The number of ether oxygens (including phenoxy) is 1. The Morgan fingerprint density at radius 2 is 1.81 bits per heavy atom. The molecule has 134 valence electrons. The molecule has 2 N–H and O–H groups in total. The first-order chi connectivity index (χ1) is 12.8. The van der Waals surface area contributed by atoms with Crippen molar-refractivity contribution in [2.75, 3.05) is 12.4 Å². The third-order valence-electron chi connectivity index (χ3n) is 5.01. The average molecular weight is 349 g/mol. The third-order valence-corrected chi connectivity index (χ3v) is 5.01. The van der Waals surface area contributed by atoms with Gasteiger partial charge in [0.1, 0.15) is 5.82 Å². The fraction of sp³-hybridized carbons (Fsp3) is 0.333. The van der Waals surface area contributed by atoms with Gasteiger partial charge in [0, 0.05) is 11.4 Å². The lowest BCUT2D eigenvalue weighted by Crippen LogP contribution is -2.23. The molecule has 5 heteroatoms.